The molecule has 2 aromatic heterocycles. The standard InChI is InChI=1S/C28H20Cl3N3O2S/c1-2-36-18-10-8-16(9-11-18)22-14-19(15-6-4-3-5-7-15)23-24(32)26(37-28(23)33-22)27(35)34-25-20(30)12-17(29)13-21(25)31/h3-14H,2,32H2,1H3,(H,34,35). The Bertz CT molecular complexity index is 1600. The maximum Gasteiger partial charge on any atom is 0.268 e. The van der Waals surface area contributed by atoms with Gasteiger partial charge in [-0.25, -0.2) is 4.98 Å². The van der Waals surface area contributed by atoms with E-state index in [-0.39, 0.29) is 15.7 Å². The van der Waals surface area contributed by atoms with E-state index in [0.717, 1.165) is 28.1 Å². The lowest BCUT2D eigenvalue weighted by Crippen LogP contribution is -2.12. The maximum atomic E-state index is 13.3. The van der Waals surface area contributed by atoms with Crippen molar-refractivity contribution in [3.05, 3.63) is 92.7 Å². The maximum absolute atomic E-state index is 13.3. The number of hydrogen-bond donors (Lipinski definition) is 2. The van der Waals surface area contributed by atoms with Gasteiger partial charge in [-0.05, 0) is 60.5 Å². The first kappa shape index (κ1) is 25.4. The predicted molar refractivity (Wildman–Crippen MR) is 155 cm³/mol. The zero-order valence-corrected chi connectivity index (χ0v) is 22.6. The number of nitrogens with zero attached hydrogens (tertiary/aromatic N) is 1. The van der Waals surface area contributed by atoms with Crippen LogP contribution < -0.4 is 15.8 Å². The fourth-order valence-electron chi connectivity index (χ4n) is 4.00. The van der Waals surface area contributed by atoms with Crippen molar-refractivity contribution in [3.63, 3.8) is 0 Å². The number of halogens is 3. The Morgan fingerprint density at radius 3 is 2.30 bits per heavy atom. The number of pyridine rings is 1. The highest BCUT2D eigenvalue weighted by atomic mass is 35.5. The lowest BCUT2D eigenvalue weighted by molar-refractivity contribution is 0.103. The average Bonchev–Trinajstić information content (AvgIpc) is 3.23. The Kier molecular flexibility index (Phi) is 7.26. The Labute approximate surface area is 232 Å². The third kappa shape index (κ3) is 5.11. The summed E-state index contributed by atoms with van der Waals surface area (Å²) < 4.78 is 5.57. The number of benzene rings is 3. The summed E-state index contributed by atoms with van der Waals surface area (Å²) >= 11 is 19.8. The van der Waals surface area contributed by atoms with Crippen molar-refractivity contribution in [2.45, 2.75) is 6.92 Å². The molecule has 0 aliphatic heterocycles. The van der Waals surface area contributed by atoms with Crippen LogP contribution in [0.3, 0.4) is 0 Å². The van der Waals surface area contributed by atoms with Crippen LogP contribution in [0.1, 0.15) is 16.6 Å². The molecule has 2 heterocycles. The van der Waals surface area contributed by atoms with Gasteiger partial charge in [-0.1, -0.05) is 65.1 Å². The molecule has 5 rings (SSSR count). The molecule has 0 bridgehead atoms. The SMILES string of the molecule is CCOc1ccc(-c2cc(-c3ccccc3)c3c(N)c(C(=O)Nc4c(Cl)cc(Cl)cc4Cl)sc3n2)cc1. The molecule has 0 aliphatic rings. The minimum atomic E-state index is -0.437. The molecule has 3 N–H and O–H groups in total. The van der Waals surface area contributed by atoms with E-state index >= 15 is 0 Å². The van der Waals surface area contributed by atoms with Crippen LogP contribution in [0, 0.1) is 0 Å². The molecule has 37 heavy (non-hydrogen) atoms. The van der Waals surface area contributed by atoms with Crippen molar-refractivity contribution >= 4 is 73.6 Å². The van der Waals surface area contributed by atoms with Crippen molar-refractivity contribution in [2.75, 3.05) is 17.7 Å². The number of nitrogens with one attached hydrogen (secondary N) is 1. The summed E-state index contributed by atoms with van der Waals surface area (Å²) in [5.41, 5.74) is 10.7. The zero-order valence-electron chi connectivity index (χ0n) is 19.5. The summed E-state index contributed by atoms with van der Waals surface area (Å²) in [5, 5.41) is 4.31. The van der Waals surface area contributed by atoms with Gasteiger partial charge in [0.2, 0.25) is 0 Å². The number of ether oxygens (including phenoxy) is 1. The second-order valence-electron chi connectivity index (χ2n) is 8.10. The molecule has 0 fully saturated rings. The molecule has 5 nitrogen and oxygen atoms in total. The van der Waals surface area contributed by atoms with E-state index < -0.39 is 5.91 Å². The van der Waals surface area contributed by atoms with Crippen molar-refractivity contribution in [3.8, 4) is 28.1 Å². The molecule has 0 atom stereocenters. The highest BCUT2D eigenvalue weighted by Crippen LogP contribution is 2.42. The number of amides is 1. The van der Waals surface area contributed by atoms with E-state index in [0.29, 0.717) is 32.4 Å². The fourth-order valence-corrected chi connectivity index (χ4v) is 5.93. The lowest BCUT2D eigenvalue weighted by atomic mass is 9.99. The van der Waals surface area contributed by atoms with Gasteiger partial charge in [0.1, 0.15) is 15.5 Å². The summed E-state index contributed by atoms with van der Waals surface area (Å²) in [4.78, 5) is 19.1. The Morgan fingerprint density at radius 1 is 0.973 bits per heavy atom. The Balaban J connectivity index is 1.63. The van der Waals surface area contributed by atoms with Crippen LogP contribution in [-0.2, 0) is 0 Å². The number of carbonyl (C=O) groups is 1. The Hall–Kier alpha value is -3.29. The fraction of sp³-hybridized carbons (Fsp3) is 0.0714. The largest absolute Gasteiger partial charge is 0.494 e. The first-order valence-electron chi connectivity index (χ1n) is 11.3. The quantitative estimate of drug-likeness (QED) is 0.214. The number of fused-ring (bicyclic) bond motifs is 1. The van der Waals surface area contributed by atoms with Crippen molar-refractivity contribution in [1.82, 2.24) is 4.98 Å². The van der Waals surface area contributed by atoms with E-state index in [9.17, 15) is 4.79 Å². The number of nitrogens with two attached hydrogens (primary N) is 1. The van der Waals surface area contributed by atoms with Crippen LogP contribution in [0.4, 0.5) is 11.4 Å². The second-order valence-corrected chi connectivity index (χ2v) is 10.4. The number of nitrogen functional groups attached to an aromatic ring is 1. The number of hydrogen-bond acceptors (Lipinski definition) is 5. The molecular formula is C28H20Cl3N3O2S. The minimum absolute atomic E-state index is 0.228. The van der Waals surface area contributed by atoms with Crippen molar-refractivity contribution in [1.29, 1.82) is 0 Å². The van der Waals surface area contributed by atoms with Gasteiger partial charge in [-0.15, -0.1) is 11.3 Å². The van der Waals surface area contributed by atoms with E-state index in [1.165, 1.54) is 23.5 Å². The van der Waals surface area contributed by atoms with Gasteiger partial charge < -0.3 is 15.8 Å². The monoisotopic (exact) mass is 567 g/mol. The second kappa shape index (κ2) is 10.6. The third-order valence-electron chi connectivity index (χ3n) is 5.70. The normalized spacial score (nSPS) is 11.0. The predicted octanol–water partition coefficient (Wildman–Crippen LogP) is 8.82. The molecule has 0 unspecified atom stereocenters. The van der Waals surface area contributed by atoms with Crippen molar-refractivity contribution < 1.29 is 9.53 Å². The third-order valence-corrected chi connectivity index (χ3v) is 7.61. The molecule has 9 heteroatoms. The van der Waals surface area contributed by atoms with Gasteiger partial charge in [0.25, 0.3) is 5.91 Å². The summed E-state index contributed by atoms with van der Waals surface area (Å²) in [5.74, 6) is 0.350. The van der Waals surface area contributed by atoms with Crippen LogP contribution in [-0.4, -0.2) is 17.5 Å². The first-order chi connectivity index (χ1) is 17.9. The number of aromatic nitrogens is 1. The summed E-state index contributed by atoms with van der Waals surface area (Å²) in [7, 11) is 0. The summed E-state index contributed by atoms with van der Waals surface area (Å²) in [6, 6.07) is 22.6. The molecular weight excluding hydrogens is 549 g/mol. The van der Waals surface area contributed by atoms with E-state index in [4.69, 9.17) is 50.3 Å². The van der Waals surface area contributed by atoms with Gasteiger partial charge >= 0.3 is 0 Å². The molecule has 3 aromatic carbocycles. The van der Waals surface area contributed by atoms with Crippen LogP contribution in [0.25, 0.3) is 32.6 Å². The Morgan fingerprint density at radius 2 is 1.65 bits per heavy atom. The van der Waals surface area contributed by atoms with E-state index in [2.05, 4.69) is 5.32 Å². The molecule has 0 spiro atoms. The number of thiophene rings is 1. The van der Waals surface area contributed by atoms with Crippen LogP contribution in [0.15, 0.2) is 72.8 Å². The molecule has 0 aliphatic carbocycles. The first-order valence-corrected chi connectivity index (χ1v) is 13.3. The van der Waals surface area contributed by atoms with Gasteiger partial charge in [0.15, 0.2) is 0 Å². The van der Waals surface area contributed by atoms with Gasteiger partial charge in [-0.2, -0.15) is 0 Å². The molecule has 0 radical (unpaired) electrons. The van der Waals surface area contributed by atoms with Gasteiger partial charge in [0, 0.05) is 16.0 Å². The number of carbonyl (C=O) groups excluding carboxylic acids is 1. The van der Waals surface area contributed by atoms with E-state index in [1.807, 2.05) is 67.6 Å². The molecule has 0 saturated carbocycles. The number of anilines is 2. The van der Waals surface area contributed by atoms with Crippen LogP contribution in [0.5, 0.6) is 5.75 Å². The molecule has 0 saturated heterocycles. The van der Waals surface area contributed by atoms with Crippen molar-refractivity contribution in [2.24, 2.45) is 0 Å². The van der Waals surface area contributed by atoms with Crippen LogP contribution in [0.2, 0.25) is 15.1 Å². The highest BCUT2D eigenvalue weighted by Gasteiger charge is 2.23. The summed E-state index contributed by atoms with van der Waals surface area (Å²) in [6.45, 7) is 2.53. The minimum Gasteiger partial charge on any atom is -0.494 e. The average molecular weight is 569 g/mol. The lowest BCUT2D eigenvalue weighted by Gasteiger charge is -2.10. The zero-order chi connectivity index (χ0) is 26.1. The van der Waals surface area contributed by atoms with E-state index in [1.54, 1.807) is 0 Å². The highest BCUT2D eigenvalue weighted by molar-refractivity contribution is 7.21. The van der Waals surface area contributed by atoms with Crippen LogP contribution >= 0.6 is 46.1 Å². The van der Waals surface area contributed by atoms with Gasteiger partial charge in [-0.3, -0.25) is 4.79 Å². The number of rotatable bonds is 6. The molecule has 1 amide bonds. The van der Waals surface area contributed by atoms with Gasteiger partial charge in [0.05, 0.1) is 33.7 Å². The smallest absolute Gasteiger partial charge is 0.268 e. The molecule has 186 valence electrons. The molecule has 5 aromatic rings. The summed E-state index contributed by atoms with van der Waals surface area (Å²) in [6.07, 6.45) is 0. The topological polar surface area (TPSA) is 77.2 Å².